The molecule has 1 atom stereocenters. The van der Waals surface area contributed by atoms with Crippen molar-refractivity contribution in [2.45, 2.75) is 25.8 Å². The molecule has 2 heterocycles. The van der Waals surface area contributed by atoms with Crippen LogP contribution in [0.2, 0.25) is 0 Å². The Morgan fingerprint density at radius 2 is 2.24 bits per heavy atom. The van der Waals surface area contributed by atoms with Crippen LogP contribution < -0.4 is 4.74 Å². The molecule has 1 unspecified atom stereocenters. The van der Waals surface area contributed by atoms with Crippen LogP contribution in [0, 0.1) is 6.92 Å². The molecule has 25 heavy (non-hydrogen) atoms. The van der Waals surface area contributed by atoms with E-state index in [4.69, 9.17) is 9.26 Å². The fourth-order valence-corrected chi connectivity index (χ4v) is 3.15. The number of para-hydroxylation sites is 1. The van der Waals surface area contributed by atoms with Gasteiger partial charge in [0.15, 0.2) is 5.82 Å². The van der Waals surface area contributed by atoms with Gasteiger partial charge >= 0.3 is 0 Å². The zero-order chi connectivity index (χ0) is 17.8. The molecule has 1 aromatic carbocycles. The summed E-state index contributed by atoms with van der Waals surface area (Å²) in [6.07, 6.45) is 0.936. The Labute approximate surface area is 147 Å². The Bertz CT molecular complexity index is 731. The van der Waals surface area contributed by atoms with Gasteiger partial charge in [-0.25, -0.2) is 0 Å². The van der Waals surface area contributed by atoms with E-state index in [9.17, 15) is 4.79 Å². The fraction of sp³-hybridized carbons (Fsp3) is 0.500. The molecule has 1 fully saturated rings. The zero-order valence-electron chi connectivity index (χ0n) is 14.9. The first-order valence-corrected chi connectivity index (χ1v) is 8.45. The Balaban J connectivity index is 1.53. The number of carbonyl (C=O) groups excluding carboxylic acids is 1. The van der Waals surface area contributed by atoms with Crippen molar-refractivity contribution in [1.82, 2.24) is 19.9 Å². The molecule has 1 aliphatic rings. The first kappa shape index (κ1) is 17.4. The molecule has 134 valence electrons. The van der Waals surface area contributed by atoms with Crippen molar-refractivity contribution in [2.75, 3.05) is 33.8 Å². The number of likely N-dealkylation sites (N-methyl/N-ethyl adjacent to an activating group) is 1. The lowest BCUT2D eigenvalue weighted by Gasteiger charge is -2.22. The number of likely N-dealkylation sites (tertiary alicyclic amines) is 1. The number of hydrogen-bond donors (Lipinski definition) is 0. The van der Waals surface area contributed by atoms with Gasteiger partial charge in [0, 0.05) is 25.7 Å². The number of rotatable bonds is 6. The highest BCUT2D eigenvalue weighted by atomic mass is 16.5. The molecule has 1 aliphatic heterocycles. The van der Waals surface area contributed by atoms with Gasteiger partial charge in [0.1, 0.15) is 5.75 Å². The summed E-state index contributed by atoms with van der Waals surface area (Å²) < 4.78 is 10.6. The molecule has 7 heteroatoms. The molecule has 1 saturated heterocycles. The van der Waals surface area contributed by atoms with Crippen LogP contribution in [0.4, 0.5) is 0 Å². The lowest BCUT2D eigenvalue weighted by molar-refractivity contribution is -0.131. The van der Waals surface area contributed by atoms with Crippen LogP contribution in [-0.4, -0.2) is 59.6 Å². The maximum Gasteiger partial charge on any atom is 0.236 e. The number of benzene rings is 1. The first-order chi connectivity index (χ1) is 12.1. The highest BCUT2D eigenvalue weighted by molar-refractivity contribution is 5.78. The van der Waals surface area contributed by atoms with Gasteiger partial charge in [-0.15, -0.1) is 0 Å². The van der Waals surface area contributed by atoms with E-state index in [0.717, 1.165) is 30.8 Å². The second-order valence-electron chi connectivity index (χ2n) is 6.46. The summed E-state index contributed by atoms with van der Waals surface area (Å²) in [5, 5.41) is 3.85. The number of aryl methyl sites for hydroxylation is 1. The summed E-state index contributed by atoms with van der Waals surface area (Å²) in [6, 6.07) is 7.76. The van der Waals surface area contributed by atoms with Gasteiger partial charge in [0.05, 0.1) is 19.6 Å². The highest BCUT2D eigenvalue weighted by Crippen LogP contribution is 2.26. The number of carbonyl (C=O) groups is 1. The minimum Gasteiger partial charge on any atom is -0.496 e. The third kappa shape index (κ3) is 4.17. The topological polar surface area (TPSA) is 71.7 Å². The predicted octanol–water partition coefficient (Wildman–Crippen LogP) is 1.83. The summed E-state index contributed by atoms with van der Waals surface area (Å²) in [5.41, 5.74) is 1.00. The summed E-state index contributed by atoms with van der Waals surface area (Å²) >= 11 is 0. The second-order valence-corrected chi connectivity index (χ2v) is 6.46. The van der Waals surface area contributed by atoms with E-state index in [0.29, 0.717) is 24.8 Å². The van der Waals surface area contributed by atoms with Crippen LogP contribution in [0.3, 0.4) is 0 Å². The van der Waals surface area contributed by atoms with E-state index < -0.39 is 0 Å². The van der Waals surface area contributed by atoms with Gasteiger partial charge in [0.2, 0.25) is 11.8 Å². The third-order valence-electron chi connectivity index (χ3n) is 4.55. The third-order valence-corrected chi connectivity index (χ3v) is 4.55. The molecule has 1 amide bonds. The zero-order valence-corrected chi connectivity index (χ0v) is 14.9. The minimum absolute atomic E-state index is 0.0910. The van der Waals surface area contributed by atoms with Gasteiger partial charge in [-0.1, -0.05) is 23.4 Å². The summed E-state index contributed by atoms with van der Waals surface area (Å²) in [6.45, 7) is 4.38. The van der Waals surface area contributed by atoms with Crippen molar-refractivity contribution in [3.63, 3.8) is 0 Å². The van der Waals surface area contributed by atoms with E-state index in [1.165, 1.54) is 0 Å². The van der Waals surface area contributed by atoms with E-state index in [-0.39, 0.29) is 11.8 Å². The SMILES string of the molecule is COc1ccccc1CN(C)C(=O)CN1CCC(c2nc(C)no2)C1. The number of hydrogen-bond acceptors (Lipinski definition) is 6. The predicted molar refractivity (Wildman–Crippen MR) is 92.3 cm³/mol. The number of amides is 1. The van der Waals surface area contributed by atoms with Crippen molar-refractivity contribution >= 4 is 5.91 Å². The maximum atomic E-state index is 12.5. The molecular formula is C18H24N4O3. The van der Waals surface area contributed by atoms with Crippen LogP contribution in [0.5, 0.6) is 5.75 Å². The molecule has 2 aromatic rings. The van der Waals surface area contributed by atoms with E-state index >= 15 is 0 Å². The maximum absolute atomic E-state index is 12.5. The second kappa shape index (κ2) is 7.65. The van der Waals surface area contributed by atoms with E-state index in [1.807, 2.05) is 38.2 Å². The summed E-state index contributed by atoms with van der Waals surface area (Å²) in [7, 11) is 3.47. The number of nitrogens with zero attached hydrogens (tertiary/aromatic N) is 4. The Hall–Kier alpha value is -2.41. The first-order valence-electron chi connectivity index (χ1n) is 8.45. The largest absolute Gasteiger partial charge is 0.496 e. The number of methoxy groups -OCH3 is 1. The number of ether oxygens (including phenoxy) is 1. The molecular weight excluding hydrogens is 320 g/mol. The van der Waals surface area contributed by atoms with Crippen LogP contribution in [0.15, 0.2) is 28.8 Å². The molecule has 1 aromatic heterocycles. The minimum atomic E-state index is 0.0910. The molecule has 0 radical (unpaired) electrons. The normalized spacial score (nSPS) is 17.6. The average Bonchev–Trinajstić information content (AvgIpc) is 3.24. The Morgan fingerprint density at radius 3 is 2.96 bits per heavy atom. The quantitative estimate of drug-likeness (QED) is 0.796. The van der Waals surface area contributed by atoms with Gasteiger partial charge < -0.3 is 14.2 Å². The molecule has 0 bridgehead atoms. The standard InChI is InChI=1S/C18H24N4O3/c1-13-19-18(25-20-13)15-8-9-22(11-15)12-17(23)21(2)10-14-6-4-5-7-16(14)24-3/h4-7,15H,8-12H2,1-3H3. The lowest BCUT2D eigenvalue weighted by atomic mass is 10.1. The van der Waals surface area contributed by atoms with E-state index in [2.05, 4.69) is 15.0 Å². The van der Waals surface area contributed by atoms with Crippen molar-refractivity contribution in [3.05, 3.63) is 41.5 Å². The molecule has 3 rings (SSSR count). The Kier molecular flexibility index (Phi) is 5.33. The molecule has 0 spiro atoms. The van der Waals surface area contributed by atoms with Crippen LogP contribution in [0.1, 0.15) is 29.6 Å². The highest BCUT2D eigenvalue weighted by Gasteiger charge is 2.29. The van der Waals surface area contributed by atoms with Crippen molar-refractivity contribution in [2.24, 2.45) is 0 Å². The van der Waals surface area contributed by atoms with E-state index in [1.54, 1.807) is 12.0 Å². The average molecular weight is 344 g/mol. The number of aromatic nitrogens is 2. The molecule has 0 aliphatic carbocycles. The van der Waals surface area contributed by atoms with Gasteiger partial charge in [-0.05, 0) is 26.0 Å². The monoisotopic (exact) mass is 344 g/mol. The van der Waals surface area contributed by atoms with Crippen LogP contribution in [-0.2, 0) is 11.3 Å². The molecule has 7 nitrogen and oxygen atoms in total. The fourth-order valence-electron chi connectivity index (χ4n) is 3.15. The van der Waals surface area contributed by atoms with Crippen molar-refractivity contribution in [1.29, 1.82) is 0 Å². The summed E-state index contributed by atoms with van der Waals surface area (Å²) in [4.78, 5) is 20.7. The molecule has 0 saturated carbocycles. The van der Waals surface area contributed by atoms with Gasteiger partial charge in [-0.3, -0.25) is 9.69 Å². The van der Waals surface area contributed by atoms with Crippen molar-refractivity contribution in [3.8, 4) is 5.75 Å². The summed E-state index contributed by atoms with van der Waals surface area (Å²) in [5.74, 6) is 2.44. The van der Waals surface area contributed by atoms with Crippen molar-refractivity contribution < 1.29 is 14.1 Å². The lowest BCUT2D eigenvalue weighted by Crippen LogP contribution is -2.37. The van der Waals surface area contributed by atoms with Gasteiger partial charge in [0.25, 0.3) is 0 Å². The Morgan fingerprint density at radius 1 is 1.44 bits per heavy atom. The van der Waals surface area contributed by atoms with Crippen LogP contribution in [0.25, 0.3) is 0 Å². The molecule has 0 N–H and O–H groups in total. The van der Waals surface area contributed by atoms with Crippen LogP contribution >= 0.6 is 0 Å². The smallest absolute Gasteiger partial charge is 0.236 e. The van der Waals surface area contributed by atoms with Gasteiger partial charge in [-0.2, -0.15) is 4.98 Å².